The summed E-state index contributed by atoms with van der Waals surface area (Å²) >= 11 is 0. The van der Waals surface area contributed by atoms with Gasteiger partial charge in [0.15, 0.2) is 0 Å². The first-order valence-electron chi connectivity index (χ1n) is 7.48. The molecule has 0 aromatic rings. The van der Waals surface area contributed by atoms with E-state index in [9.17, 15) is 14.7 Å². The minimum absolute atomic E-state index is 0.312. The van der Waals surface area contributed by atoms with Gasteiger partial charge in [-0.15, -0.1) is 0 Å². The second-order valence-electron chi connectivity index (χ2n) is 5.88. The third-order valence-electron chi connectivity index (χ3n) is 4.42. The zero-order chi connectivity index (χ0) is 14.3. The van der Waals surface area contributed by atoms with Gasteiger partial charge in [-0.3, -0.25) is 9.59 Å². The lowest BCUT2D eigenvalue weighted by molar-refractivity contribution is -0.150. The van der Waals surface area contributed by atoms with Crippen molar-refractivity contribution in [2.75, 3.05) is 0 Å². The van der Waals surface area contributed by atoms with Gasteiger partial charge < -0.3 is 10.2 Å². The Labute approximate surface area is 115 Å². The van der Waals surface area contributed by atoms with Crippen molar-refractivity contribution in [2.24, 2.45) is 11.3 Å². The number of unbranched alkanes of at least 4 members (excludes halogenated alkanes) is 5. The summed E-state index contributed by atoms with van der Waals surface area (Å²) in [5, 5.41) is 18.4. The largest absolute Gasteiger partial charge is 0.481 e. The fourth-order valence-electron chi connectivity index (χ4n) is 3.11. The topological polar surface area (TPSA) is 74.6 Å². The maximum absolute atomic E-state index is 11.5. The van der Waals surface area contributed by atoms with E-state index < -0.39 is 23.3 Å². The zero-order valence-electron chi connectivity index (χ0n) is 11.9. The molecule has 0 aromatic carbocycles. The average molecular weight is 270 g/mol. The molecule has 1 aliphatic carbocycles. The molecule has 2 atom stereocenters. The van der Waals surface area contributed by atoms with Crippen LogP contribution in [0.3, 0.4) is 0 Å². The summed E-state index contributed by atoms with van der Waals surface area (Å²) in [5.74, 6) is -2.10. The first-order chi connectivity index (χ1) is 9.02. The maximum atomic E-state index is 11.5. The monoisotopic (exact) mass is 270 g/mol. The molecule has 110 valence electrons. The minimum atomic E-state index is -0.842. The van der Waals surface area contributed by atoms with E-state index in [-0.39, 0.29) is 0 Å². The highest BCUT2D eigenvalue weighted by Crippen LogP contribution is 2.45. The quantitative estimate of drug-likeness (QED) is 0.626. The van der Waals surface area contributed by atoms with Crippen molar-refractivity contribution in [1.82, 2.24) is 0 Å². The number of hydrogen-bond acceptors (Lipinski definition) is 2. The van der Waals surface area contributed by atoms with Crippen molar-refractivity contribution < 1.29 is 19.8 Å². The van der Waals surface area contributed by atoms with Crippen molar-refractivity contribution in [3.63, 3.8) is 0 Å². The molecule has 0 aliphatic heterocycles. The lowest BCUT2D eigenvalue weighted by Gasteiger charge is -2.23. The van der Waals surface area contributed by atoms with Crippen LogP contribution in [0.5, 0.6) is 0 Å². The number of aliphatic carboxylic acids is 2. The highest BCUT2D eigenvalue weighted by molar-refractivity contribution is 5.78. The van der Waals surface area contributed by atoms with E-state index in [0.717, 1.165) is 19.3 Å². The molecule has 0 aromatic heterocycles. The summed E-state index contributed by atoms with van der Waals surface area (Å²) in [4.78, 5) is 22.4. The molecule has 0 bridgehead atoms. The number of hydrogen-bond donors (Lipinski definition) is 2. The van der Waals surface area contributed by atoms with Crippen molar-refractivity contribution in [3.05, 3.63) is 0 Å². The minimum Gasteiger partial charge on any atom is -0.481 e. The Morgan fingerprint density at radius 3 is 2.26 bits per heavy atom. The van der Waals surface area contributed by atoms with Crippen LogP contribution in [0, 0.1) is 11.3 Å². The van der Waals surface area contributed by atoms with Gasteiger partial charge in [0.05, 0.1) is 11.3 Å². The van der Waals surface area contributed by atoms with Crippen molar-refractivity contribution in [1.29, 1.82) is 0 Å². The predicted molar refractivity (Wildman–Crippen MR) is 73.0 cm³/mol. The third-order valence-corrected chi connectivity index (χ3v) is 4.42. The average Bonchev–Trinajstić information content (AvgIpc) is 2.79. The van der Waals surface area contributed by atoms with Crippen LogP contribution in [-0.2, 0) is 9.59 Å². The van der Waals surface area contributed by atoms with Crippen LogP contribution in [0.15, 0.2) is 0 Å². The molecule has 1 aliphatic rings. The third kappa shape index (κ3) is 4.51. The second kappa shape index (κ2) is 7.51. The van der Waals surface area contributed by atoms with Crippen LogP contribution < -0.4 is 0 Å². The number of carboxylic acids is 2. The highest BCUT2D eigenvalue weighted by atomic mass is 16.4. The summed E-state index contributed by atoms with van der Waals surface area (Å²) in [5.41, 5.74) is -0.770. The van der Waals surface area contributed by atoms with Crippen molar-refractivity contribution >= 4 is 11.9 Å². The normalized spacial score (nSPS) is 26.5. The maximum Gasteiger partial charge on any atom is 0.309 e. The van der Waals surface area contributed by atoms with Gasteiger partial charge in [0.2, 0.25) is 0 Å². The van der Waals surface area contributed by atoms with Gasteiger partial charge >= 0.3 is 11.9 Å². The van der Waals surface area contributed by atoms with Crippen LogP contribution >= 0.6 is 0 Å². The highest BCUT2D eigenvalue weighted by Gasteiger charge is 2.46. The second-order valence-corrected chi connectivity index (χ2v) is 5.88. The molecule has 0 saturated heterocycles. The van der Waals surface area contributed by atoms with E-state index in [0.29, 0.717) is 25.7 Å². The molecule has 1 fully saturated rings. The molecule has 0 spiro atoms. The van der Waals surface area contributed by atoms with Gasteiger partial charge in [0, 0.05) is 0 Å². The first-order valence-corrected chi connectivity index (χ1v) is 7.48. The fourth-order valence-corrected chi connectivity index (χ4v) is 3.11. The van der Waals surface area contributed by atoms with E-state index in [1.165, 1.54) is 19.3 Å². The van der Waals surface area contributed by atoms with Gasteiger partial charge in [-0.1, -0.05) is 45.4 Å². The molecule has 1 rings (SSSR count). The molecule has 2 N–H and O–H groups in total. The van der Waals surface area contributed by atoms with Crippen molar-refractivity contribution in [3.8, 4) is 0 Å². The molecular weight excluding hydrogens is 244 g/mol. The molecule has 0 heterocycles. The van der Waals surface area contributed by atoms with Gasteiger partial charge in [0.1, 0.15) is 0 Å². The summed E-state index contributed by atoms with van der Waals surface area (Å²) in [6.45, 7) is 2.17. The lowest BCUT2D eigenvalue weighted by atomic mass is 9.80. The summed E-state index contributed by atoms with van der Waals surface area (Å²) in [6, 6.07) is 0. The standard InChI is InChI=1S/C15H26O4/c1-2-3-4-5-6-7-9-15(14(18)19)10-8-12(11-15)13(16)17/h12H,2-11H2,1H3,(H,16,17)(H,18,19). The van der Waals surface area contributed by atoms with Crippen LogP contribution in [0.25, 0.3) is 0 Å². The van der Waals surface area contributed by atoms with Crippen molar-refractivity contribution in [2.45, 2.75) is 71.1 Å². The Hall–Kier alpha value is -1.06. The van der Waals surface area contributed by atoms with Gasteiger partial charge in [-0.2, -0.15) is 0 Å². The fraction of sp³-hybridized carbons (Fsp3) is 0.867. The van der Waals surface area contributed by atoms with Gasteiger partial charge in [-0.05, 0) is 25.7 Å². The molecule has 0 radical (unpaired) electrons. The number of carboxylic acid groups (broad SMARTS) is 2. The Bertz CT molecular complexity index is 313. The molecule has 4 nitrogen and oxygen atoms in total. The first kappa shape index (κ1) is 16.0. The van der Waals surface area contributed by atoms with Crippen LogP contribution in [0.2, 0.25) is 0 Å². The summed E-state index contributed by atoms with van der Waals surface area (Å²) < 4.78 is 0. The zero-order valence-corrected chi connectivity index (χ0v) is 11.9. The Morgan fingerprint density at radius 2 is 1.74 bits per heavy atom. The molecule has 19 heavy (non-hydrogen) atoms. The SMILES string of the molecule is CCCCCCCCC1(C(=O)O)CCC(C(=O)O)C1. The number of rotatable bonds is 9. The van der Waals surface area contributed by atoms with Crippen LogP contribution in [0.4, 0.5) is 0 Å². The van der Waals surface area contributed by atoms with E-state index in [2.05, 4.69) is 6.92 Å². The Kier molecular flexibility index (Phi) is 6.32. The smallest absolute Gasteiger partial charge is 0.309 e. The number of carbonyl (C=O) groups is 2. The molecule has 4 heteroatoms. The van der Waals surface area contributed by atoms with Gasteiger partial charge in [-0.25, -0.2) is 0 Å². The van der Waals surface area contributed by atoms with Crippen LogP contribution in [-0.4, -0.2) is 22.2 Å². The molecule has 0 amide bonds. The predicted octanol–water partition coefficient (Wildman–Crippen LogP) is 3.69. The Morgan fingerprint density at radius 1 is 1.11 bits per heavy atom. The summed E-state index contributed by atoms with van der Waals surface area (Å²) in [7, 11) is 0. The molecule has 1 saturated carbocycles. The van der Waals surface area contributed by atoms with Crippen LogP contribution in [0.1, 0.15) is 71.1 Å². The molecular formula is C15H26O4. The van der Waals surface area contributed by atoms with E-state index >= 15 is 0 Å². The summed E-state index contributed by atoms with van der Waals surface area (Å²) in [6.07, 6.45) is 8.77. The van der Waals surface area contributed by atoms with E-state index in [1.807, 2.05) is 0 Å². The van der Waals surface area contributed by atoms with Gasteiger partial charge in [0.25, 0.3) is 0 Å². The lowest BCUT2D eigenvalue weighted by Crippen LogP contribution is -2.29. The Balaban J connectivity index is 2.38. The van der Waals surface area contributed by atoms with E-state index in [4.69, 9.17) is 5.11 Å². The molecule has 2 unspecified atom stereocenters. The van der Waals surface area contributed by atoms with E-state index in [1.54, 1.807) is 0 Å².